The first-order chi connectivity index (χ1) is 9.69. The summed E-state index contributed by atoms with van der Waals surface area (Å²) in [6.07, 6.45) is 3.62. The van der Waals surface area contributed by atoms with E-state index >= 15 is 0 Å². The molecule has 1 aromatic rings. The van der Waals surface area contributed by atoms with E-state index in [1.165, 1.54) is 25.0 Å². The Morgan fingerprint density at radius 1 is 1.45 bits per heavy atom. The lowest BCUT2D eigenvalue weighted by Crippen LogP contribution is -2.38. The van der Waals surface area contributed by atoms with Gasteiger partial charge in [-0.1, -0.05) is 13.0 Å². The lowest BCUT2D eigenvalue weighted by molar-refractivity contribution is 0.201. The summed E-state index contributed by atoms with van der Waals surface area (Å²) in [7, 11) is 0. The second-order valence-corrected chi connectivity index (χ2v) is 5.73. The van der Waals surface area contributed by atoms with Crippen LogP contribution in [0, 0.1) is 11.7 Å². The van der Waals surface area contributed by atoms with E-state index in [1.807, 2.05) is 0 Å². The predicted molar refractivity (Wildman–Crippen MR) is 79.2 cm³/mol. The van der Waals surface area contributed by atoms with Crippen LogP contribution in [0.4, 0.5) is 4.39 Å². The molecule has 4 heteroatoms. The van der Waals surface area contributed by atoms with Gasteiger partial charge >= 0.3 is 0 Å². The number of nitrogens with zero attached hydrogens (tertiary/aromatic N) is 1. The average Bonchev–Trinajstić information content (AvgIpc) is 2.44. The summed E-state index contributed by atoms with van der Waals surface area (Å²) in [5, 5.41) is 12.7. The van der Waals surface area contributed by atoms with Crippen molar-refractivity contribution in [1.82, 2.24) is 10.2 Å². The molecule has 0 aliphatic carbocycles. The Labute approximate surface area is 120 Å². The maximum absolute atomic E-state index is 13.4. The monoisotopic (exact) mass is 280 g/mol. The molecular weight excluding hydrogens is 255 g/mol. The van der Waals surface area contributed by atoms with Gasteiger partial charge in [-0.3, -0.25) is 4.90 Å². The average molecular weight is 280 g/mol. The van der Waals surface area contributed by atoms with Gasteiger partial charge in [-0.25, -0.2) is 4.39 Å². The molecule has 1 aliphatic heterocycles. The Bertz CT molecular complexity index is 419. The van der Waals surface area contributed by atoms with E-state index in [4.69, 9.17) is 0 Å². The third-order valence-corrected chi connectivity index (χ3v) is 3.87. The fourth-order valence-electron chi connectivity index (χ4n) is 2.90. The number of benzene rings is 1. The largest absolute Gasteiger partial charge is 0.505 e. The number of halogens is 1. The number of hydrogen-bond acceptors (Lipinski definition) is 3. The molecule has 112 valence electrons. The van der Waals surface area contributed by atoms with Crippen LogP contribution in [-0.4, -0.2) is 36.2 Å². The summed E-state index contributed by atoms with van der Waals surface area (Å²) in [5.74, 6) is -0.109. The molecule has 1 unspecified atom stereocenters. The Hall–Kier alpha value is -1.13. The molecule has 0 bridgehead atoms. The van der Waals surface area contributed by atoms with Gasteiger partial charge < -0.3 is 10.4 Å². The van der Waals surface area contributed by atoms with Crippen LogP contribution in [0.15, 0.2) is 18.2 Å². The molecule has 0 aromatic heterocycles. The number of piperidine rings is 1. The van der Waals surface area contributed by atoms with E-state index < -0.39 is 5.82 Å². The van der Waals surface area contributed by atoms with Crippen LogP contribution in [0.2, 0.25) is 0 Å². The van der Waals surface area contributed by atoms with Crippen molar-refractivity contribution >= 4 is 0 Å². The second-order valence-electron chi connectivity index (χ2n) is 5.73. The van der Waals surface area contributed by atoms with Gasteiger partial charge in [-0.2, -0.15) is 0 Å². The molecule has 1 saturated heterocycles. The zero-order valence-electron chi connectivity index (χ0n) is 12.2. The first-order valence-electron chi connectivity index (χ1n) is 7.59. The van der Waals surface area contributed by atoms with Gasteiger partial charge in [-0.15, -0.1) is 0 Å². The number of phenolic OH excluding ortho intramolecular Hbond substituents is 1. The number of hydrogen-bond donors (Lipinski definition) is 2. The van der Waals surface area contributed by atoms with Gasteiger partial charge in [0.05, 0.1) is 0 Å². The summed E-state index contributed by atoms with van der Waals surface area (Å²) >= 11 is 0. The predicted octanol–water partition coefficient (Wildman–Crippen LogP) is 2.74. The zero-order valence-corrected chi connectivity index (χ0v) is 12.2. The molecule has 0 radical (unpaired) electrons. The number of nitrogens with one attached hydrogen (secondary N) is 1. The van der Waals surface area contributed by atoms with E-state index in [0.29, 0.717) is 5.92 Å². The van der Waals surface area contributed by atoms with Crippen LogP contribution < -0.4 is 5.32 Å². The van der Waals surface area contributed by atoms with E-state index in [-0.39, 0.29) is 5.75 Å². The number of phenols is 1. The maximum atomic E-state index is 13.4. The van der Waals surface area contributed by atoms with E-state index in [2.05, 4.69) is 17.1 Å². The molecule has 2 rings (SSSR count). The van der Waals surface area contributed by atoms with Crippen LogP contribution >= 0.6 is 0 Å². The van der Waals surface area contributed by atoms with Crippen LogP contribution in [0.5, 0.6) is 5.75 Å². The first kappa shape index (κ1) is 15.3. The Kier molecular flexibility index (Phi) is 5.80. The molecule has 1 aromatic carbocycles. The first-order valence-corrected chi connectivity index (χ1v) is 7.59. The van der Waals surface area contributed by atoms with E-state index in [9.17, 15) is 9.50 Å². The van der Waals surface area contributed by atoms with Gasteiger partial charge in [0.1, 0.15) is 0 Å². The lowest BCUT2D eigenvalue weighted by atomic mass is 9.98. The third-order valence-electron chi connectivity index (χ3n) is 3.87. The summed E-state index contributed by atoms with van der Waals surface area (Å²) in [5.41, 5.74) is 0.928. The quantitative estimate of drug-likeness (QED) is 0.841. The van der Waals surface area contributed by atoms with Gasteiger partial charge in [-0.05, 0) is 62.5 Å². The van der Waals surface area contributed by atoms with Gasteiger partial charge in [0.2, 0.25) is 0 Å². The minimum atomic E-state index is -0.529. The summed E-state index contributed by atoms with van der Waals surface area (Å²) in [4.78, 5) is 2.39. The molecule has 1 heterocycles. The minimum absolute atomic E-state index is 0.271. The van der Waals surface area contributed by atoms with Crippen molar-refractivity contribution in [3.05, 3.63) is 29.6 Å². The van der Waals surface area contributed by atoms with Crippen molar-refractivity contribution in [2.75, 3.05) is 26.2 Å². The fourth-order valence-corrected chi connectivity index (χ4v) is 2.90. The van der Waals surface area contributed by atoms with Crippen LogP contribution in [0.3, 0.4) is 0 Å². The van der Waals surface area contributed by atoms with E-state index in [1.54, 1.807) is 6.07 Å². The Morgan fingerprint density at radius 3 is 2.95 bits per heavy atom. The molecule has 1 fully saturated rings. The highest BCUT2D eigenvalue weighted by Gasteiger charge is 2.17. The highest BCUT2D eigenvalue weighted by molar-refractivity contribution is 5.27. The molecule has 0 amide bonds. The lowest BCUT2D eigenvalue weighted by Gasteiger charge is -2.30. The van der Waals surface area contributed by atoms with Crippen molar-refractivity contribution in [2.24, 2.45) is 5.92 Å². The van der Waals surface area contributed by atoms with Crippen LogP contribution in [0.1, 0.15) is 31.7 Å². The highest BCUT2D eigenvalue weighted by Crippen LogP contribution is 2.19. The minimum Gasteiger partial charge on any atom is -0.505 e. The smallest absolute Gasteiger partial charge is 0.165 e. The molecule has 2 N–H and O–H groups in total. The number of rotatable bonds is 6. The highest BCUT2D eigenvalue weighted by atomic mass is 19.1. The molecule has 0 saturated carbocycles. The normalized spacial score (nSPS) is 19.4. The topological polar surface area (TPSA) is 35.5 Å². The molecule has 1 atom stereocenters. The molecule has 1 aliphatic rings. The fraction of sp³-hybridized carbons (Fsp3) is 0.625. The van der Waals surface area contributed by atoms with Crippen molar-refractivity contribution in [2.45, 2.75) is 32.7 Å². The molecular formula is C16H25FN2O. The molecule has 3 nitrogen and oxygen atoms in total. The van der Waals surface area contributed by atoms with Crippen LogP contribution in [0.25, 0.3) is 0 Å². The standard InChI is InChI=1S/C16H25FN2O/c1-2-8-19(12-14-4-3-7-18-10-14)11-13-5-6-16(20)15(17)9-13/h5-6,9,14,18,20H,2-4,7-8,10-12H2,1H3. The zero-order chi connectivity index (χ0) is 14.4. The van der Waals surface area contributed by atoms with Crippen LogP contribution in [-0.2, 0) is 6.54 Å². The van der Waals surface area contributed by atoms with Crippen molar-refractivity contribution < 1.29 is 9.50 Å². The maximum Gasteiger partial charge on any atom is 0.165 e. The summed E-state index contributed by atoms with van der Waals surface area (Å²) in [6, 6.07) is 4.69. The molecule has 20 heavy (non-hydrogen) atoms. The van der Waals surface area contributed by atoms with Gasteiger partial charge in [0.25, 0.3) is 0 Å². The van der Waals surface area contributed by atoms with Gasteiger partial charge in [0.15, 0.2) is 11.6 Å². The Balaban J connectivity index is 1.94. The van der Waals surface area contributed by atoms with Crippen molar-refractivity contribution in [3.63, 3.8) is 0 Å². The summed E-state index contributed by atoms with van der Waals surface area (Å²) in [6.45, 7) is 7.23. The van der Waals surface area contributed by atoms with Gasteiger partial charge in [0, 0.05) is 13.1 Å². The second kappa shape index (κ2) is 7.60. The SMILES string of the molecule is CCCN(Cc1ccc(O)c(F)c1)CC1CCCNC1. The molecule has 0 spiro atoms. The van der Waals surface area contributed by atoms with E-state index in [0.717, 1.165) is 44.7 Å². The number of aromatic hydroxyl groups is 1. The van der Waals surface area contributed by atoms with Crippen molar-refractivity contribution in [3.8, 4) is 5.75 Å². The Morgan fingerprint density at radius 2 is 2.30 bits per heavy atom. The summed E-state index contributed by atoms with van der Waals surface area (Å²) < 4.78 is 13.4. The third kappa shape index (κ3) is 4.46. The van der Waals surface area contributed by atoms with Crippen molar-refractivity contribution in [1.29, 1.82) is 0 Å².